The zero-order valence-electron chi connectivity index (χ0n) is 61.6. The highest BCUT2D eigenvalue weighted by Crippen LogP contribution is 2.41. The van der Waals surface area contributed by atoms with Gasteiger partial charge in [0, 0.05) is 19.8 Å². The average molecular weight is 1530 g/mol. The van der Waals surface area contributed by atoms with Gasteiger partial charge < -0.3 is 155 Å². The van der Waals surface area contributed by atoms with E-state index >= 15 is 0 Å². The first-order valence-electron chi connectivity index (χ1n) is 38.3. The standard InChI is InChI=1S/C71H127N3O32/c1-4-6-8-10-12-14-16-18-20-22-24-26-28-30-42(82)41(73-49(85)31-29-27-25-23-21-19-17-15-13-11-9-7-5-2)39-97-67-59(93)57(91)61(47(36-78)100-67)102-69-60(94)65(106-71(70(95)96)32-43(83)51(74-50(86)38-80)64(105-71)53(87)44(84)33-75)62(48(37-79)101-69)103-66-52(72-40(3)81)63(55(89)46(35-77)98-66)104-68-58(92)56(90)54(88)45(34-76)99-68/h28,30,41-48,51-69,75-80,82-84,87-94H,4-27,29,31-39H2,1-3H3,(H,72,81)(H,73,85)(H,74,86)(H,95,96)/b30-28+/t41-,42+,43?,44+,45?,46?,47?,48?,51+,52?,53+,54-,55-,56-,57+,58?,59?,60?,61+,62-,63+,64?,65+,66-,67+,68-,69-,71-/m0/s1. The lowest BCUT2D eigenvalue weighted by atomic mass is 9.88. The summed E-state index contributed by atoms with van der Waals surface area (Å²) >= 11 is 0. The molecule has 0 spiro atoms. The van der Waals surface area contributed by atoms with Crippen molar-refractivity contribution in [3.63, 3.8) is 0 Å². The molecule has 0 aromatic carbocycles. The lowest BCUT2D eigenvalue weighted by molar-refractivity contribution is -0.403. The van der Waals surface area contributed by atoms with Gasteiger partial charge in [0.1, 0.15) is 123 Å². The van der Waals surface area contributed by atoms with Crippen molar-refractivity contribution in [2.75, 3.05) is 46.2 Å². The summed E-state index contributed by atoms with van der Waals surface area (Å²) in [6, 6.07) is -4.99. The van der Waals surface area contributed by atoms with E-state index in [4.69, 9.17) is 47.4 Å². The minimum absolute atomic E-state index is 0.127. The van der Waals surface area contributed by atoms with Gasteiger partial charge in [-0.2, -0.15) is 0 Å². The van der Waals surface area contributed by atoms with Crippen LogP contribution in [0, 0.1) is 0 Å². The molecule has 0 aromatic rings. The molecule has 0 aliphatic carbocycles. The number of rotatable bonds is 51. The number of aliphatic hydroxyl groups is 17. The van der Waals surface area contributed by atoms with Crippen LogP contribution in [0.2, 0.25) is 0 Å². The maximum Gasteiger partial charge on any atom is 0.364 e. The molecule has 5 aliphatic rings. The molecular weight excluding hydrogens is 1410 g/mol. The Hall–Kier alpha value is -3.46. The fourth-order valence-corrected chi connectivity index (χ4v) is 14.0. The van der Waals surface area contributed by atoms with E-state index in [9.17, 15) is 111 Å². The number of hydrogen-bond acceptors (Lipinski definition) is 31. The monoisotopic (exact) mass is 1530 g/mol. The Balaban J connectivity index is 1.42. The minimum Gasteiger partial charge on any atom is -0.477 e. The Labute approximate surface area is 619 Å². The molecule has 0 bridgehead atoms. The van der Waals surface area contributed by atoms with Gasteiger partial charge in [-0.05, 0) is 19.3 Å². The molecule has 5 fully saturated rings. The number of allylic oxidation sites excluding steroid dienone is 1. The van der Waals surface area contributed by atoms with Gasteiger partial charge in [-0.3, -0.25) is 14.4 Å². The highest BCUT2D eigenvalue weighted by atomic mass is 16.8. The normalized spacial score (nSPS) is 34.8. The van der Waals surface area contributed by atoms with Gasteiger partial charge in [0.05, 0.1) is 63.9 Å². The zero-order valence-corrected chi connectivity index (χ0v) is 61.6. The van der Waals surface area contributed by atoms with Crippen molar-refractivity contribution in [2.45, 2.75) is 365 Å². The molecule has 5 heterocycles. The van der Waals surface area contributed by atoms with Crippen molar-refractivity contribution in [1.29, 1.82) is 0 Å². The smallest absolute Gasteiger partial charge is 0.364 e. The first kappa shape index (κ1) is 93.1. The van der Waals surface area contributed by atoms with Crippen LogP contribution >= 0.6 is 0 Å². The molecule has 3 amide bonds. The highest BCUT2D eigenvalue weighted by molar-refractivity contribution is 5.78. The van der Waals surface area contributed by atoms with Crippen LogP contribution in [0.4, 0.5) is 0 Å². The third kappa shape index (κ3) is 28.0. The Morgan fingerprint density at radius 3 is 1.50 bits per heavy atom. The van der Waals surface area contributed by atoms with Crippen LogP contribution < -0.4 is 16.0 Å². The molecule has 5 saturated heterocycles. The molecule has 0 aromatic heterocycles. The Kier molecular flexibility index (Phi) is 43.2. The summed E-state index contributed by atoms with van der Waals surface area (Å²) in [6.07, 6.45) is -20.4. The largest absolute Gasteiger partial charge is 0.477 e. The lowest BCUT2D eigenvalue weighted by Crippen LogP contribution is -2.72. The molecule has 0 saturated carbocycles. The number of carbonyl (C=O) groups is 4. The molecule has 35 heteroatoms. The van der Waals surface area contributed by atoms with Crippen LogP contribution in [0.25, 0.3) is 0 Å². The van der Waals surface area contributed by atoms with Crippen molar-refractivity contribution in [1.82, 2.24) is 16.0 Å². The predicted molar refractivity (Wildman–Crippen MR) is 371 cm³/mol. The van der Waals surface area contributed by atoms with Gasteiger partial charge in [-0.25, -0.2) is 4.79 Å². The summed E-state index contributed by atoms with van der Waals surface area (Å²) in [5.41, 5.74) is 0. The van der Waals surface area contributed by atoms with Crippen LogP contribution in [0.5, 0.6) is 0 Å². The van der Waals surface area contributed by atoms with E-state index in [1.165, 1.54) is 96.0 Å². The van der Waals surface area contributed by atoms with Crippen LogP contribution in [0.1, 0.15) is 194 Å². The second kappa shape index (κ2) is 49.1. The summed E-state index contributed by atoms with van der Waals surface area (Å²) in [5, 5.41) is 206. The number of unbranched alkanes of at least 4 members (excludes halogenated alkanes) is 23. The number of carboxylic acids is 1. The van der Waals surface area contributed by atoms with Crippen LogP contribution in [-0.4, -0.2) is 333 Å². The van der Waals surface area contributed by atoms with Gasteiger partial charge in [-0.1, -0.05) is 167 Å². The van der Waals surface area contributed by atoms with E-state index in [0.717, 1.165) is 64.7 Å². The third-order valence-electron chi connectivity index (χ3n) is 20.2. The maximum absolute atomic E-state index is 13.8. The summed E-state index contributed by atoms with van der Waals surface area (Å²) < 4.78 is 59.9. The number of aliphatic carboxylic acids is 1. The predicted octanol–water partition coefficient (Wildman–Crippen LogP) is -2.85. The Bertz CT molecular complexity index is 2480. The number of hydrogen-bond donors (Lipinski definition) is 21. The maximum atomic E-state index is 13.8. The Morgan fingerprint density at radius 2 is 0.972 bits per heavy atom. The SMILES string of the molecule is CCCCCCCCCCCCC/C=C/[C@@H](O)[C@H](CO[C@@H]1OC(CO)[C@@H](O[C@@H]2OC(CO)[C@H](O[C@@H]3OC(CO)[C@H](O)[C@H](O[C@@H]4OC(CO)[C@H](O)[C@H](O)C4O)C3NC(C)=O)[C@H](O[C@]3(C(=O)O)CC(O)[C@@H](NC(=O)CO)C([C@H](O)[C@H](O)CO)O3)C2O)[C@H](O)C1O)NC(=O)CCCCCCCCCCCCCCC. The minimum atomic E-state index is -3.44. The van der Waals surface area contributed by atoms with E-state index in [1.807, 2.05) is 0 Å². The fourth-order valence-electron chi connectivity index (χ4n) is 14.0. The van der Waals surface area contributed by atoms with Crippen LogP contribution in [0.15, 0.2) is 12.2 Å². The second-order valence-corrected chi connectivity index (χ2v) is 28.6. The molecule has 5 aliphatic heterocycles. The number of ether oxygens (including phenoxy) is 10. The molecule has 10 unspecified atom stereocenters. The first-order chi connectivity index (χ1) is 50.8. The molecule has 35 nitrogen and oxygen atoms in total. The zero-order chi connectivity index (χ0) is 78.0. The number of aliphatic hydroxyl groups excluding tert-OH is 17. The number of carbonyl (C=O) groups excluding carboxylic acids is 3. The fraction of sp³-hybridized carbons (Fsp3) is 0.915. The van der Waals surface area contributed by atoms with Gasteiger partial charge in [0.2, 0.25) is 17.7 Å². The molecule has 106 heavy (non-hydrogen) atoms. The van der Waals surface area contributed by atoms with E-state index in [1.54, 1.807) is 6.08 Å². The van der Waals surface area contributed by atoms with E-state index in [0.29, 0.717) is 12.8 Å². The topological polar surface area (TPSA) is 561 Å². The summed E-state index contributed by atoms with van der Waals surface area (Å²) in [5.74, 6) is -8.20. The van der Waals surface area contributed by atoms with Crippen molar-refractivity contribution >= 4 is 23.7 Å². The number of amides is 3. The van der Waals surface area contributed by atoms with Crippen LogP contribution in [0.3, 0.4) is 0 Å². The van der Waals surface area contributed by atoms with Crippen molar-refractivity contribution < 1.29 is 158 Å². The van der Waals surface area contributed by atoms with Gasteiger partial charge in [-0.15, -0.1) is 0 Å². The molecule has 618 valence electrons. The van der Waals surface area contributed by atoms with E-state index < -0.39 is 248 Å². The average Bonchev–Trinajstić information content (AvgIpc) is 0.751. The van der Waals surface area contributed by atoms with Crippen molar-refractivity contribution in [2.24, 2.45) is 0 Å². The van der Waals surface area contributed by atoms with Gasteiger partial charge in [0.15, 0.2) is 25.2 Å². The first-order valence-corrected chi connectivity index (χ1v) is 38.3. The quantitative estimate of drug-likeness (QED) is 0.0215. The molecular formula is C71H127N3O32. The summed E-state index contributed by atoms with van der Waals surface area (Å²) in [6.45, 7) is -2.06. The molecule has 28 atom stereocenters. The molecule has 0 radical (unpaired) electrons. The summed E-state index contributed by atoms with van der Waals surface area (Å²) in [4.78, 5) is 53.1. The molecule has 5 rings (SSSR count). The van der Waals surface area contributed by atoms with Crippen molar-refractivity contribution in [3.05, 3.63) is 12.2 Å². The van der Waals surface area contributed by atoms with Crippen molar-refractivity contribution in [3.8, 4) is 0 Å². The third-order valence-corrected chi connectivity index (χ3v) is 20.2. The summed E-state index contributed by atoms with van der Waals surface area (Å²) in [7, 11) is 0. The number of carboxylic acid groups (broad SMARTS) is 1. The van der Waals surface area contributed by atoms with Gasteiger partial charge >= 0.3 is 5.97 Å². The van der Waals surface area contributed by atoms with E-state index in [-0.39, 0.29) is 6.42 Å². The highest BCUT2D eigenvalue weighted by Gasteiger charge is 2.62. The lowest BCUT2D eigenvalue weighted by Gasteiger charge is -2.52. The second-order valence-electron chi connectivity index (χ2n) is 28.6. The van der Waals surface area contributed by atoms with Gasteiger partial charge in [0.25, 0.3) is 5.79 Å². The number of nitrogens with one attached hydrogen (secondary N) is 3. The Morgan fingerprint density at radius 1 is 0.500 bits per heavy atom. The van der Waals surface area contributed by atoms with Crippen LogP contribution in [-0.2, 0) is 66.5 Å². The molecule has 21 N–H and O–H groups in total. The van der Waals surface area contributed by atoms with E-state index in [2.05, 4.69) is 29.8 Å².